The lowest BCUT2D eigenvalue weighted by atomic mass is 10.1. The average molecular weight is 255 g/mol. The maximum Gasteiger partial charge on any atom is 0.0637 e. The Kier molecular flexibility index (Phi) is 4.26. The Bertz CT molecular complexity index is 380. The van der Waals surface area contributed by atoms with Crippen molar-refractivity contribution in [1.82, 2.24) is 0 Å². The molecule has 94 valence electrons. The third-order valence-electron chi connectivity index (χ3n) is 3.09. The Morgan fingerprint density at radius 2 is 2.24 bits per heavy atom. The summed E-state index contributed by atoms with van der Waals surface area (Å²) in [5.41, 5.74) is 8.11. The standard InChI is InChI=1S/C13H19ClN2O/c1-17-7-6-16(12-3-4-12)13-5-2-11(14)8-10(13)9-15/h2,5,8,12H,3-4,6-7,9,15H2,1H3. The molecular weight excluding hydrogens is 236 g/mol. The fourth-order valence-corrected chi connectivity index (χ4v) is 2.27. The number of rotatable bonds is 6. The molecule has 1 aliphatic rings. The minimum Gasteiger partial charge on any atom is -0.383 e. The van der Waals surface area contributed by atoms with Crippen molar-refractivity contribution in [3.05, 3.63) is 28.8 Å². The second-order valence-corrected chi connectivity index (χ2v) is 4.83. The largest absolute Gasteiger partial charge is 0.383 e. The first-order chi connectivity index (χ1) is 8.26. The first-order valence-corrected chi connectivity index (χ1v) is 6.38. The van der Waals surface area contributed by atoms with Crippen LogP contribution < -0.4 is 10.6 Å². The van der Waals surface area contributed by atoms with Crippen LogP contribution in [0.4, 0.5) is 5.69 Å². The van der Waals surface area contributed by atoms with E-state index in [1.165, 1.54) is 18.5 Å². The second kappa shape index (κ2) is 5.71. The Morgan fingerprint density at radius 1 is 1.47 bits per heavy atom. The molecule has 0 spiro atoms. The van der Waals surface area contributed by atoms with E-state index >= 15 is 0 Å². The Balaban J connectivity index is 2.21. The van der Waals surface area contributed by atoms with Crippen molar-refractivity contribution < 1.29 is 4.74 Å². The number of hydrogen-bond acceptors (Lipinski definition) is 3. The SMILES string of the molecule is COCCN(c1ccc(Cl)cc1CN)C1CC1. The predicted molar refractivity (Wildman–Crippen MR) is 71.6 cm³/mol. The van der Waals surface area contributed by atoms with E-state index in [1.807, 2.05) is 12.1 Å². The maximum atomic E-state index is 6.00. The number of nitrogens with zero attached hydrogens (tertiary/aromatic N) is 1. The van der Waals surface area contributed by atoms with Gasteiger partial charge in [0.15, 0.2) is 0 Å². The quantitative estimate of drug-likeness (QED) is 0.847. The van der Waals surface area contributed by atoms with Crippen molar-refractivity contribution in [2.45, 2.75) is 25.4 Å². The molecule has 0 aromatic heterocycles. The van der Waals surface area contributed by atoms with E-state index in [0.717, 1.165) is 23.7 Å². The van der Waals surface area contributed by atoms with E-state index in [9.17, 15) is 0 Å². The van der Waals surface area contributed by atoms with Gasteiger partial charge in [-0.3, -0.25) is 0 Å². The van der Waals surface area contributed by atoms with Crippen LogP contribution in [0.25, 0.3) is 0 Å². The number of benzene rings is 1. The number of nitrogens with two attached hydrogens (primary N) is 1. The van der Waals surface area contributed by atoms with Crippen molar-refractivity contribution in [2.75, 3.05) is 25.2 Å². The highest BCUT2D eigenvalue weighted by Crippen LogP contribution is 2.34. The van der Waals surface area contributed by atoms with Gasteiger partial charge in [0.25, 0.3) is 0 Å². The summed E-state index contributed by atoms with van der Waals surface area (Å²) in [6, 6.07) is 6.60. The number of anilines is 1. The fourth-order valence-electron chi connectivity index (χ4n) is 2.07. The van der Waals surface area contributed by atoms with Gasteiger partial charge in [-0.2, -0.15) is 0 Å². The van der Waals surface area contributed by atoms with Gasteiger partial charge in [-0.25, -0.2) is 0 Å². The second-order valence-electron chi connectivity index (χ2n) is 4.39. The molecule has 0 aliphatic heterocycles. The summed E-state index contributed by atoms with van der Waals surface area (Å²) in [4.78, 5) is 2.39. The Morgan fingerprint density at radius 3 is 2.82 bits per heavy atom. The van der Waals surface area contributed by atoms with Gasteiger partial charge in [0.1, 0.15) is 0 Å². The van der Waals surface area contributed by atoms with Gasteiger partial charge < -0.3 is 15.4 Å². The maximum absolute atomic E-state index is 6.00. The number of hydrogen-bond donors (Lipinski definition) is 1. The van der Waals surface area contributed by atoms with Gasteiger partial charge in [0.05, 0.1) is 6.61 Å². The summed E-state index contributed by atoms with van der Waals surface area (Å²) in [5, 5.41) is 0.747. The summed E-state index contributed by atoms with van der Waals surface area (Å²) in [6.07, 6.45) is 2.52. The minimum absolute atomic E-state index is 0.520. The van der Waals surface area contributed by atoms with E-state index in [4.69, 9.17) is 22.1 Å². The molecule has 1 aromatic rings. The monoisotopic (exact) mass is 254 g/mol. The molecule has 1 saturated carbocycles. The van der Waals surface area contributed by atoms with Crippen molar-refractivity contribution >= 4 is 17.3 Å². The smallest absolute Gasteiger partial charge is 0.0637 e. The lowest BCUT2D eigenvalue weighted by molar-refractivity contribution is 0.205. The van der Waals surface area contributed by atoms with Crippen LogP contribution in [-0.4, -0.2) is 26.3 Å². The van der Waals surface area contributed by atoms with Crippen LogP contribution in [0.5, 0.6) is 0 Å². The minimum atomic E-state index is 0.520. The van der Waals surface area contributed by atoms with Crippen molar-refractivity contribution in [3.8, 4) is 0 Å². The Labute approximate surface area is 107 Å². The van der Waals surface area contributed by atoms with Crippen LogP contribution in [0.2, 0.25) is 5.02 Å². The van der Waals surface area contributed by atoms with Crippen molar-refractivity contribution in [3.63, 3.8) is 0 Å². The molecule has 1 fully saturated rings. The van der Waals surface area contributed by atoms with Gasteiger partial charge >= 0.3 is 0 Å². The van der Waals surface area contributed by atoms with Gasteiger partial charge in [0.2, 0.25) is 0 Å². The number of ether oxygens (including phenoxy) is 1. The van der Waals surface area contributed by atoms with Crippen LogP contribution in [0.15, 0.2) is 18.2 Å². The van der Waals surface area contributed by atoms with Gasteiger partial charge in [-0.1, -0.05) is 11.6 Å². The average Bonchev–Trinajstić information content (AvgIpc) is 3.15. The van der Waals surface area contributed by atoms with Crippen LogP contribution in [0.3, 0.4) is 0 Å². The lowest BCUT2D eigenvalue weighted by Gasteiger charge is -2.26. The van der Waals surface area contributed by atoms with E-state index in [0.29, 0.717) is 12.6 Å². The molecule has 17 heavy (non-hydrogen) atoms. The molecule has 4 heteroatoms. The molecule has 0 saturated heterocycles. The predicted octanol–water partition coefficient (Wildman–Crippen LogP) is 2.41. The molecule has 0 heterocycles. The lowest BCUT2D eigenvalue weighted by Crippen LogP contribution is -2.30. The third kappa shape index (κ3) is 3.12. The van der Waals surface area contributed by atoms with Crippen LogP contribution in [0, 0.1) is 0 Å². The molecule has 0 radical (unpaired) electrons. The van der Waals surface area contributed by atoms with Crippen LogP contribution in [0.1, 0.15) is 18.4 Å². The third-order valence-corrected chi connectivity index (χ3v) is 3.33. The molecule has 0 bridgehead atoms. The van der Waals surface area contributed by atoms with Crippen LogP contribution >= 0.6 is 11.6 Å². The summed E-state index contributed by atoms with van der Waals surface area (Å²) in [5.74, 6) is 0. The van der Waals surface area contributed by atoms with Crippen LogP contribution in [-0.2, 0) is 11.3 Å². The summed E-state index contributed by atoms with van der Waals surface area (Å²) >= 11 is 6.00. The Hall–Kier alpha value is -0.770. The van der Waals surface area contributed by atoms with E-state index < -0.39 is 0 Å². The number of halogens is 1. The molecule has 0 amide bonds. The van der Waals surface area contributed by atoms with Gasteiger partial charge in [-0.15, -0.1) is 0 Å². The summed E-state index contributed by atoms with van der Waals surface area (Å²) in [7, 11) is 1.73. The summed E-state index contributed by atoms with van der Waals surface area (Å²) in [6.45, 7) is 2.17. The molecule has 2 N–H and O–H groups in total. The number of methoxy groups -OCH3 is 1. The zero-order valence-electron chi connectivity index (χ0n) is 10.2. The zero-order chi connectivity index (χ0) is 12.3. The normalized spacial score (nSPS) is 15.0. The van der Waals surface area contributed by atoms with E-state index in [2.05, 4.69) is 11.0 Å². The fraction of sp³-hybridized carbons (Fsp3) is 0.538. The topological polar surface area (TPSA) is 38.5 Å². The zero-order valence-corrected chi connectivity index (χ0v) is 10.9. The molecule has 0 unspecified atom stereocenters. The molecule has 3 nitrogen and oxygen atoms in total. The van der Waals surface area contributed by atoms with E-state index in [1.54, 1.807) is 7.11 Å². The van der Waals surface area contributed by atoms with Crippen molar-refractivity contribution in [1.29, 1.82) is 0 Å². The molecule has 2 rings (SSSR count). The van der Waals surface area contributed by atoms with Crippen molar-refractivity contribution in [2.24, 2.45) is 5.73 Å². The molecule has 1 aromatic carbocycles. The summed E-state index contributed by atoms with van der Waals surface area (Å²) < 4.78 is 5.17. The first kappa shape index (κ1) is 12.7. The molecule has 1 aliphatic carbocycles. The first-order valence-electron chi connectivity index (χ1n) is 6.00. The molecular formula is C13H19ClN2O. The van der Waals surface area contributed by atoms with E-state index in [-0.39, 0.29) is 0 Å². The van der Waals surface area contributed by atoms with Gasteiger partial charge in [-0.05, 0) is 36.6 Å². The highest BCUT2D eigenvalue weighted by atomic mass is 35.5. The molecule has 0 atom stereocenters. The highest BCUT2D eigenvalue weighted by Gasteiger charge is 2.29. The van der Waals surface area contributed by atoms with Gasteiger partial charge in [0, 0.05) is 37.0 Å². The highest BCUT2D eigenvalue weighted by molar-refractivity contribution is 6.30.